The highest BCUT2D eigenvalue weighted by atomic mass is 35.5. The Morgan fingerprint density at radius 1 is 1.09 bits per heavy atom. The second-order valence-electron chi connectivity index (χ2n) is 8.11. The van der Waals surface area contributed by atoms with Gasteiger partial charge >= 0.3 is 0 Å². The molecule has 0 unspecified atom stereocenters. The molecule has 0 bridgehead atoms. The molecule has 4 rings (SSSR count). The number of carbonyl (C=O) groups excluding carboxylic acids is 1. The summed E-state index contributed by atoms with van der Waals surface area (Å²) in [6, 6.07) is 18.0. The molecule has 0 spiro atoms. The fourth-order valence-corrected chi connectivity index (χ4v) is 4.26. The van der Waals surface area contributed by atoms with E-state index in [1.54, 1.807) is 24.3 Å². The number of rotatable bonds is 8. The number of pyridine rings is 1. The lowest BCUT2D eigenvalue weighted by atomic mass is 10.0. The van der Waals surface area contributed by atoms with Crippen LogP contribution in [0, 0.1) is 6.92 Å². The molecule has 3 aromatic carbocycles. The molecular formula is C27H22Cl2F2N2O2. The molecule has 35 heavy (non-hydrogen) atoms. The number of amides is 1. The number of aromatic nitrogens is 1. The van der Waals surface area contributed by atoms with Crippen LogP contribution in [0.25, 0.3) is 10.9 Å². The Balaban J connectivity index is 1.67. The van der Waals surface area contributed by atoms with Crippen molar-refractivity contribution in [3.8, 4) is 11.5 Å². The van der Waals surface area contributed by atoms with Crippen LogP contribution in [0.5, 0.6) is 11.5 Å². The SMILES string of the molecule is Cc1ccc(C[C@H](CCl)NC(=O)c2c(Oc3cccc(C(F)F)c3)cnc3ccccc23)c(Cl)c1. The number of hydrogen-bond acceptors (Lipinski definition) is 3. The second kappa shape index (κ2) is 11.0. The molecule has 1 N–H and O–H groups in total. The van der Waals surface area contributed by atoms with Crippen LogP contribution in [-0.4, -0.2) is 22.8 Å². The maximum Gasteiger partial charge on any atom is 0.263 e. The van der Waals surface area contributed by atoms with Crippen molar-refractivity contribution in [2.45, 2.75) is 25.8 Å². The Kier molecular flexibility index (Phi) is 7.83. The maximum absolute atomic E-state index is 13.5. The number of nitrogens with one attached hydrogen (secondary N) is 1. The minimum Gasteiger partial charge on any atom is -0.455 e. The molecule has 8 heteroatoms. The lowest BCUT2D eigenvalue weighted by Gasteiger charge is -2.19. The van der Waals surface area contributed by atoms with E-state index in [0.29, 0.717) is 22.3 Å². The summed E-state index contributed by atoms with van der Waals surface area (Å²) in [5.74, 6) is 0.0621. The number of benzene rings is 3. The lowest BCUT2D eigenvalue weighted by molar-refractivity contribution is 0.0939. The highest BCUT2D eigenvalue weighted by Gasteiger charge is 2.22. The van der Waals surface area contributed by atoms with Crippen LogP contribution in [0.2, 0.25) is 5.02 Å². The fraction of sp³-hybridized carbons (Fsp3) is 0.185. The van der Waals surface area contributed by atoms with Crippen LogP contribution in [0.3, 0.4) is 0 Å². The zero-order valence-electron chi connectivity index (χ0n) is 18.8. The van der Waals surface area contributed by atoms with Gasteiger partial charge in [-0.25, -0.2) is 8.78 Å². The van der Waals surface area contributed by atoms with Crippen molar-refractivity contribution >= 4 is 40.0 Å². The predicted octanol–water partition coefficient (Wildman–Crippen LogP) is 7.51. The van der Waals surface area contributed by atoms with Crippen LogP contribution in [0.15, 0.2) is 72.9 Å². The number of alkyl halides is 3. The van der Waals surface area contributed by atoms with Crippen molar-refractivity contribution in [2.75, 3.05) is 5.88 Å². The van der Waals surface area contributed by atoms with Gasteiger partial charge in [-0.05, 0) is 48.7 Å². The molecule has 0 aliphatic carbocycles. The molecule has 0 aliphatic heterocycles. The van der Waals surface area contributed by atoms with Crippen LogP contribution >= 0.6 is 23.2 Å². The Morgan fingerprint density at radius 2 is 1.89 bits per heavy atom. The minimum atomic E-state index is -2.64. The van der Waals surface area contributed by atoms with Gasteiger partial charge in [0, 0.05) is 27.9 Å². The molecule has 0 saturated carbocycles. The zero-order chi connectivity index (χ0) is 24.9. The van der Waals surface area contributed by atoms with Crippen molar-refractivity contribution in [1.29, 1.82) is 0 Å². The second-order valence-corrected chi connectivity index (χ2v) is 8.83. The molecule has 4 nitrogen and oxygen atoms in total. The first-order valence-electron chi connectivity index (χ1n) is 10.9. The molecule has 1 heterocycles. The van der Waals surface area contributed by atoms with Crippen LogP contribution in [0.4, 0.5) is 8.78 Å². The number of nitrogens with zero attached hydrogens (tertiary/aromatic N) is 1. The van der Waals surface area contributed by atoms with Gasteiger partial charge < -0.3 is 10.1 Å². The van der Waals surface area contributed by atoms with Crippen molar-refractivity contribution in [2.24, 2.45) is 0 Å². The van der Waals surface area contributed by atoms with E-state index in [4.69, 9.17) is 27.9 Å². The number of fused-ring (bicyclic) bond motifs is 1. The molecule has 0 fully saturated rings. The van der Waals surface area contributed by atoms with E-state index in [0.717, 1.165) is 11.1 Å². The summed E-state index contributed by atoms with van der Waals surface area (Å²) in [4.78, 5) is 17.9. The molecule has 4 aromatic rings. The largest absolute Gasteiger partial charge is 0.455 e. The van der Waals surface area contributed by atoms with Gasteiger partial charge in [-0.15, -0.1) is 11.6 Å². The summed E-state index contributed by atoms with van der Waals surface area (Å²) < 4.78 is 32.2. The molecule has 1 atom stereocenters. The molecule has 0 aliphatic rings. The smallest absolute Gasteiger partial charge is 0.263 e. The number of ether oxygens (including phenoxy) is 1. The maximum atomic E-state index is 13.5. The van der Waals surface area contributed by atoms with Crippen molar-refractivity contribution < 1.29 is 18.3 Å². The van der Waals surface area contributed by atoms with Gasteiger partial charge in [0.2, 0.25) is 0 Å². The fourth-order valence-electron chi connectivity index (χ4n) is 3.76. The topological polar surface area (TPSA) is 51.2 Å². The van der Waals surface area contributed by atoms with Gasteiger partial charge in [0.05, 0.1) is 17.3 Å². The number of aryl methyl sites for hydroxylation is 1. The Hall–Kier alpha value is -3.22. The van der Waals surface area contributed by atoms with Crippen LogP contribution in [-0.2, 0) is 6.42 Å². The monoisotopic (exact) mass is 514 g/mol. The third kappa shape index (κ3) is 5.89. The van der Waals surface area contributed by atoms with Gasteiger partial charge in [0.1, 0.15) is 5.75 Å². The normalized spacial score (nSPS) is 12.1. The minimum absolute atomic E-state index is 0.148. The van der Waals surface area contributed by atoms with Crippen molar-refractivity contribution in [3.05, 3.63) is 100 Å². The quantitative estimate of drug-likeness (QED) is 0.247. The zero-order valence-corrected chi connectivity index (χ0v) is 20.3. The highest BCUT2D eigenvalue weighted by molar-refractivity contribution is 6.31. The van der Waals surface area contributed by atoms with E-state index in [2.05, 4.69) is 10.3 Å². The van der Waals surface area contributed by atoms with E-state index in [1.807, 2.05) is 31.2 Å². The molecule has 0 radical (unpaired) electrons. The molecule has 180 valence electrons. The Bertz CT molecular complexity index is 1360. The standard InChI is InChI=1S/C27H22Cl2F2N2O2/c1-16-9-10-17(22(29)11-16)12-19(14-28)33-27(34)25-21-7-2-3-8-23(21)32-15-24(25)35-20-6-4-5-18(13-20)26(30)31/h2-11,13,15,19,26H,12,14H2,1H3,(H,33,34)/t19-/m1/s1. The summed E-state index contributed by atoms with van der Waals surface area (Å²) in [5.41, 5.74) is 2.55. The first-order valence-corrected chi connectivity index (χ1v) is 11.8. The van der Waals surface area contributed by atoms with Crippen molar-refractivity contribution in [3.63, 3.8) is 0 Å². The molecule has 1 aromatic heterocycles. The predicted molar refractivity (Wildman–Crippen MR) is 135 cm³/mol. The summed E-state index contributed by atoms with van der Waals surface area (Å²) in [5, 5.41) is 4.13. The summed E-state index contributed by atoms with van der Waals surface area (Å²) in [6.07, 6.45) is -0.794. The van der Waals surface area contributed by atoms with Gasteiger partial charge in [0.25, 0.3) is 12.3 Å². The van der Waals surface area contributed by atoms with Crippen LogP contribution < -0.4 is 10.1 Å². The number of carbonyl (C=O) groups is 1. The highest BCUT2D eigenvalue weighted by Crippen LogP contribution is 2.32. The summed E-state index contributed by atoms with van der Waals surface area (Å²) in [6.45, 7) is 1.95. The van der Waals surface area contributed by atoms with Gasteiger partial charge in [0.15, 0.2) is 5.75 Å². The first kappa shape index (κ1) is 24.9. The van der Waals surface area contributed by atoms with Gasteiger partial charge in [-0.2, -0.15) is 0 Å². The van der Waals surface area contributed by atoms with E-state index in [9.17, 15) is 13.6 Å². The summed E-state index contributed by atoms with van der Waals surface area (Å²) in [7, 11) is 0. The van der Waals surface area contributed by atoms with Crippen LogP contribution in [0.1, 0.15) is 33.5 Å². The molecule has 0 saturated heterocycles. The van der Waals surface area contributed by atoms with Crippen molar-refractivity contribution in [1.82, 2.24) is 10.3 Å². The average Bonchev–Trinajstić information content (AvgIpc) is 2.85. The number of halogens is 4. The third-order valence-corrected chi connectivity index (χ3v) is 6.23. The van der Waals surface area contributed by atoms with E-state index >= 15 is 0 Å². The van der Waals surface area contributed by atoms with E-state index in [1.165, 1.54) is 24.4 Å². The number of hydrogen-bond donors (Lipinski definition) is 1. The lowest BCUT2D eigenvalue weighted by Crippen LogP contribution is -2.38. The summed E-state index contributed by atoms with van der Waals surface area (Å²) >= 11 is 12.6. The molecule has 1 amide bonds. The average molecular weight is 515 g/mol. The van der Waals surface area contributed by atoms with E-state index < -0.39 is 18.4 Å². The first-order chi connectivity index (χ1) is 16.9. The van der Waals surface area contributed by atoms with Gasteiger partial charge in [-0.3, -0.25) is 9.78 Å². The Morgan fingerprint density at radius 3 is 2.63 bits per heavy atom. The third-order valence-electron chi connectivity index (χ3n) is 5.50. The van der Waals surface area contributed by atoms with Gasteiger partial charge in [-0.1, -0.05) is 54.1 Å². The molecular weight excluding hydrogens is 493 g/mol. The van der Waals surface area contributed by atoms with E-state index in [-0.39, 0.29) is 28.5 Å². The number of para-hydroxylation sites is 1. The Labute approximate surface area is 211 Å².